The first-order valence-corrected chi connectivity index (χ1v) is 7.75. The summed E-state index contributed by atoms with van der Waals surface area (Å²) in [6.07, 6.45) is 5.55. The van der Waals surface area contributed by atoms with Crippen LogP contribution in [0.15, 0.2) is 12.5 Å². The maximum atomic E-state index is 11.8. The monoisotopic (exact) mass is 271 g/mol. The quantitative estimate of drug-likeness (QED) is 0.798. The molecule has 0 saturated heterocycles. The minimum absolute atomic E-state index is 0.0739. The molecule has 0 aliphatic heterocycles. The zero-order valence-electron chi connectivity index (χ0n) is 10.5. The number of sulfone groups is 1. The lowest BCUT2D eigenvalue weighted by Gasteiger charge is -2.07. The SMILES string of the molecule is CCCc1ncncc1C(=O)NCCS(C)(=O)=O. The molecule has 18 heavy (non-hydrogen) atoms. The van der Waals surface area contributed by atoms with E-state index in [1.54, 1.807) is 0 Å². The first-order valence-electron chi connectivity index (χ1n) is 5.69. The van der Waals surface area contributed by atoms with Gasteiger partial charge in [0.05, 0.1) is 17.0 Å². The van der Waals surface area contributed by atoms with Crippen molar-refractivity contribution in [2.75, 3.05) is 18.6 Å². The zero-order valence-corrected chi connectivity index (χ0v) is 11.3. The number of rotatable bonds is 6. The van der Waals surface area contributed by atoms with Gasteiger partial charge in [-0.25, -0.2) is 18.4 Å². The van der Waals surface area contributed by atoms with Gasteiger partial charge >= 0.3 is 0 Å². The molecule has 0 atom stereocenters. The van der Waals surface area contributed by atoms with E-state index in [0.29, 0.717) is 17.7 Å². The predicted molar refractivity (Wildman–Crippen MR) is 68.1 cm³/mol. The summed E-state index contributed by atoms with van der Waals surface area (Å²) in [6, 6.07) is 0. The molecule has 100 valence electrons. The van der Waals surface area contributed by atoms with Crippen molar-refractivity contribution < 1.29 is 13.2 Å². The molecule has 1 N–H and O–H groups in total. The van der Waals surface area contributed by atoms with E-state index < -0.39 is 9.84 Å². The highest BCUT2D eigenvalue weighted by Gasteiger charge is 2.12. The second-order valence-corrected chi connectivity index (χ2v) is 6.28. The fourth-order valence-corrected chi connectivity index (χ4v) is 1.90. The van der Waals surface area contributed by atoms with Crippen LogP contribution >= 0.6 is 0 Å². The van der Waals surface area contributed by atoms with Crippen LogP contribution in [-0.4, -0.2) is 42.8 Å². The number of carbonyl (C=O) groups excluding carboxylic acids is 1. The number of aryl methyl sites for hydroxylation is 1. The summed E-state index contributed by atoms with van der Waals surface area (Å²) in [4.78, 5) is 19.7. The van der Waals surface area contributed by atoms with E-state index >= 15 is 0 Å². The molecule has 1 rings (SSSR count). The molecule has 0 spiro atoms. The Kier molecular flexibility index (Phi) is 5.21. The van der Waals surface area contributed by atoms with Crippen molar-refractivity contribution >= 4 is 15.7 Å². The second-order valence-electron chi connectivity index (χ2n) is 4.02. The van der Waals surface area contributed by atoms with Gasteiger partial charge in [-0.05, 0) is 6.42 Å². The van der Waals surface area contributed by atoms with Gasteiger partial charge in [-0.3, -0.25) is 4.79 Å². The Morgan fingerprint density at radius 2 is 2.17 bits per heavy atom. The lowest BCUT2D eigenvalue weighted by atomic mass is 10.1. The van der Waals surface area contributed by atoms with Crippen LogP contribution in [0.5, 0.6) is 0 Å². The van der Waals surface area contributed by atoms with Crippen LogP contribution < -0.4 is 5.32 Å². The molecule has 1 aromatic rings. The van der Waals surface area contributed by atoms with Crippen molar-refractivity contribution in [2.45, 2.75) is 19.8 Å². The van der Waals surface area contributed by atoms with E-state index in [2.05, 4.69) is 15.3 Å². The summed E-state index contributed by atoms with van der Waals surface area (Å²) in [6.45, 7) is 2.09. The molecule has 0 saturated carbocycles. The largest absolute Gasteiger partial charge is 0.351 e. The van der Waals surface area contributed by atoms with E-state index in [1.165, 1.54) is 12.5 Å². The van der Waals surface area contributed by atoms with Gasteiger partial charge in [0.1, 0.15) is 16.2 Å². The minimum Gasteiger partial charge on any atom is -0.351 e. The summed E-state index contributed by atoms with van der Waals surface area (Å²) in [5.74, 6) is -0.405. The topological polar surface area (TPSA) is 89.0 Å². The smallest absolute Gasteiger partial charge is 0.254 e. The lowest BCUT2D eigenvalue weighted by molar-refractivity contribution is 0.0954. The fourth-order valence-electron chi connectivity index (χ4n) is 1.43. The molecule has 1 amide bonds. The lowest BCUT2D eigenvalue weighted by Crippen LogP contribution is -2.29. The highest BCUT2D eigenvalue weighted by molar-refractivity contribution is 7.90. The summed E-state index contributed by atoms with van der Waals surface area (Å²) in [5.41, 5.74) is 1.09. The fraction of sp³-hybridized carbons (Fsp3) is 0.545. The number of carbonyl (C=O) groups is 1. The first kappa shape index (κ1) is 14.6. The highest BCUT2D eigenvalue weighted by Crippen LogP contribution is 2.06. The van der Waals surface area contributed by atoms with Crippen LogP contribution in [0.1, 0.15) is 29.4 Å². The number of hydrogen-bond acceptors (Lipinski definition) is 5. The molecule has 0 aliphatic rings. The molecular weight excluding hydrogens is 254 g/mol. The Bertz CT molecular complexity index is 514. The Morgan fingerprint density at radius 1 is 1.44 bits per heavy atom. The van der Waals surface area contributed by atoms with Gasteiger partial charge in [0.15, 0.2) is 0 Å². The molecule has 6 nitrogen and oxygen atoms in total. The molecule has 7 heteroatoms. The first-order chi connectivity index (χ1) is 8.44. The number of hydrogen-bond donors (Lipinski definition) is 1. The average Bonchev–Trinajstić information content (AvgIpc) is 2.28. The number of nitrogens with zero attached hydrogens (tertiary/aromatic N) is 2. The molecular formula is C11H17N3O3S. The zero-order chi connectivity index (χ0) is 13.6. The van der Waals surface area contributed by atoms with Crippen molar-refractivity contribution in [1.82, 2.24) is 15.3 Å². The predicted octanol–water partition coefficient (Wildman–Crippen LogP) is 0.204. The normalized spacial score (nSPS) is 11.2. The maximum Gasteiger partial charge on any atom is 0.254 e. The molecule has 0 unspecified atom stereocenters. The summed E-state index contributed by atoms with van der Waals surface area (Å²) in [7, 11) is -3.07. The Labute approximate surface area is 107 Å². The van der Waals surface area contributed by atoms with Crippen molar-refractivity contribution in [3.05, 3.63) is 23.8 Å². The van der Waals surface area contributed by atoms with E-state index in [4.69, 9.17) is 0 Å². The van der Waals surface area contributed by atoms with E-state index in [-0.39, 0.29) is 18.2 Å². The molecule has 0 bridgehead atoms. The van der Waals surface area contributed by atoms with Crippen molar-refractivity contribution in [2.24, 2.45) is 0 Å². The molecule has 1 aromatic heterocycles. The Morgan fingerprint density at radius 3 is 2.78 bits per heavy atom. The third-order valence-electron chi connectivity index (χ3n) is 2.28. The number of nitrogens with one attached hydrogen (secondary N) is 1. The molecule has 0 aliphatic carbocycles. The summed E-state index contributed by atoms with van der Waals surface area (Å²) >= 11 is 0. The molecule has 0 radical (unpaired) electrons. The second kappa shape index (κ2) is 6.44. The van der Waals surface area contributed by atoms with Crippen molar-refractivity contribution in [3.8, 4) is 0 Å². The minimum atomic E-state index is -3.07. The van der Waals surface area contributed by atoms with Gasteiger partial charge < -0.3 is 5.32 Å². The summed E-state index contributed by atoms with van der Waals surface area (Å²) in [5, 5.41) is 2.56. The number of aromatic nitrogens is 2. The maximum absolute atomic E-state index is 11.8. The van der Waals surface area contributed by atoms with Crippen LogP contribution in [-0.2, 0) is 16.3 Å². The van der Waals surface area contributed by atoms with Gasteiger partial charge in [0.2, 0.25) is 0 Å². The standard InChI is InChI=1S/C11H17N3O3S/c1-3-4-10-9(7-12-8-14-10)11(15)13-5-6-18(2,16)17/h7-8H,3-6H2,1-2H3,(H,13,15). The van der Waals surface area contributed by atoms with Gasteiger partial charge in [-0.2, -0.15) is 0 Å². The third-order valence-corrected chi connectivity index (χ3v) is 3.23. The van der Waals surface area contributed by atoms with E-state index in [9.17, 15) is 13.2 Å². The van der Waals surface area contributed by atoms with E-state index in [0.717, 1.165) is 12.7 Å². The van der Waals surface area contributed by atoms with Crippen molar-refractivity contribution in [1.29, 1.82) is 0 Å². The van der Waals surface area contributed by atoms with Crippen LogP contribution in [0.3, 0.4) is 0 Å². The van der Waals surface area contributed by atoms with Crippen LogP contribution in [0, 0.1) is 0 Å². The summed E-state index contributed by atoms with van der Waals surface area (Å²) < 4.78 is 21.9. The van der Waals surface area contributed by atoms with Crippen LogP contribution in [0.4, 0.5) is 0 Å². The number of amides is 1. The highest BCUT2D eigenvalue weighted by atomic mass is 32.2. The molecule has 0 aromatic carbocycles. The molecule has 0 fully saturated rings. The van der Waals surface area contributed by atoms with Crippen molar-refractivity contribution in [3.63, 3.8) is 0 Å². The van der Waals surface area contributed by atoms with Gasteiger partial charge in [0.25, 0.3) is 5.91 Å². The Hall–Kier alpha value is -1.50. The van der Waals surface area contributed by atoms with Crippen LogP contribution in [0.2, 0.25) is 0 Å². The van der Waals surface area contributed by atoms with Crippen LogP contribution in [0.25, 0.3) is 0 Å². The van der Waals surface area contributed by atoms with Gasteiger partial charge in [-0.1, -0.05) is 13.3 Å². The third kappa shape index (κ3) is 4.79. The average molecular weight is 271 g/mol. The van der Waals surface area contributed by atoms with Gasteiger partial charge in [-0.15, -0.1) is 0 Å². The van der Waals surface area contributed by atoms with Gasteiger partial charge in [0, 0.05) is 19.0 Å². The molecule has 1 heterocycles. The van der Waals surface area contributed by atoms with E-state index in [1.807, 2.05) is 6.92 Å². The Balaban J connectivity index is 2.66.